The standard InChI is InChI=1S/C15H18N6O/c1-20(15-12-5-7-17-14(12)18-10-19-15)11-3-2-8-21(9-11)13(22)4-6-16/h5,7,10-11H,2-4,8-9H2,1H3,(H,17,18,19). The van der Waals surface area contributed by atoms with E-state index in [1.54, 1.807) is 11.2 Å². The Balaban J connectivity index is 1.80. The Kier molecular flexibility index (Phi) is 3.92. The number of carbonyl (C=O) groups excluding carboxylic acids is 1. The van der Waals surface area contributed by atoms with E-state index < -0.39 is 0 Å². The molecule has 22 heavy (non-hydrogen) atoms. The van der Waals surface area contributed by atoms with Gasteiger partial charge in [0.25, 0.3) is 0 Å². The van der Waals surface area contributed by atoms with Crippen LogP contribution < -0.4 is 4.90 Å². The van der Waals surface area contributed by atoms with Crippen LogP contribution in [0.3, 0.4) is 0 Å². The summed E-state index contributed by atoms with van der Waals surface area (Å²) < 4.78 is 0. The Hall–Kier alpha value is -2.62. The van der Waals surface area contributed by atoms with E-state index in [-0.39, 0.29) is 18.4 Å². The lowest BCUT2D eigenvalue weighted by Crippen LogP contribution is -2.49. The number of nitrogens with zero attached hydrogens (tertiary/aromatic N) is 5. The number of nitriles is 1. The van der Waals surface area contributed by atoms with Gasteiger partial charge >= 0.3 is 0 Å². The van der Waals surface area contributed by atoms with Gasteiger partial charge < -0.3 is 14.8 Å². The summed E-state index contributed by atoms with van der Waals surface area (Å²) in [4.78, 5) is 27.5. The lowest BCUT2D eigenvalue weighted by molar-refractivity contribution is -0.131. The Morgan fingerprint density at radius 2 is 2.45 bits per heavy atom. The highest BCUT2D eigenvalue weighted by Gasteiger charge is 2.27. The van der Waals surface area contributed by atoms with Crippen LogP contribution in [0.15, 0.2) is 18.6 Å². The highest BCUT2D eigenvalue weighted by molar-refractivity contribution is 5.87. The predicted octanol–water partition coefficient (Wildman–Crippen LogP) is 1.30. The molecule has 7 nitrogen and oxygen atoms in total. The predicted molar refractivity (Wildman–Crippen MR) is 82.1 cm³/mol. The molecule has 2 aromatic rings. The number of likely N-dealkylation sites (N-methyl/N-ethyl adjacent to an activating group) is 1. The van der Waals surface area contributed by atoms with E-state index in [4.69, 9.17) is 5.26 Å². The number of aromatic nitrogens is 3. The average molecular weight is 298 g/mol. The molecular formula is C15H18N6O. The normalized spacial score (nSPS) is 18.2. The molecule has 1 fully saturated rings. The topological polar surface area (TPSA) is 88.9 Å². The molecule has 0 aliphatic carbocycles. The largest absolute Gasteiger partial charge is 0.354 e. The van der Waals surface area contributed by atoms with Gasteiger partial charge in [-0.1, -0.05) is 0 Å². The second-order valence-electron chi connectivity index (χ2n) is 5.52. The maximum absolute atomic E-state index is 11.9. The summed E-state index contributed by atoms with van der Waals surface area (Å²) in [6, 6.07) is 4.09. The van der Waals surface area contributed by atoms with E-state index in [1.807, 2.05) is 25.4 Å². The first-order chi connectivity index (χ1) is 10.7. The SMILES string of the molecule is CN(c1ncnc2[nH]ccc12)C1CCCN(C(=O)CC#N)C1. The molecule has 1 atom stereocenters. The summed E-state index contributed by atoms with van der Waals surface area (Å²) in [5, 5.41) is 9.66. The number of amides is 1. The molecule has 0 spiro atoms. The molecule has 1 N–H and O–H groups in total. The summed E-state index contributed by atoms with van der Waals surface area (Å²) >= 11 is 0. The van der Waals surface area contributed by atoms with Crippen LogP contribution in [-0.4, -0.2) is 51.9 Å². The monoisotopic (exact) mass is 298 g/mol. The van der Waals surface area contributed by atoms with Crippen molar-refractivity contribution in [1.29, 1.82) is 5.26 Å². The molecule has 1 unspecified atom stereocenters. The van der Waals surface area contributed by atoms with Gasteiger partial charge in [-0.3, -0.25) is 4.79 Å². The number of rotatable bonds is 3. The third-order valence-corrected chi connectivity index (χ3v) is 4.19. The molecular weight excluding hydrogens is 280 g/mol. The first-order valence-corrected chi connectivity index (χ1v) is 7.36. The van der Waals surface area contributed by atoms with Crippen molar-refractivity contribution in [3.8, 4) is 6.07 Å². The summed E-state index contributed by atoms with van der Waals surface area (Å²) in [6.45, 7) is 1.36. The van der Waals surface area contributed by atoms with Crippen molar-refractivity contribution in [2.24, 2.45) is 0 Å². The average Bonchev–Trinajstić information content (AvgIpc) is 3.03. The molecule has 3 heterocycles. The Labute approximate surface area is 128 Å². The third-order valence-electron chi connectivity index (χ3n) is 4.19. The van der Waals surface area contributed by atoms with Crippen LogP contribution in [0.25, 0.3) is 11.0 Å². The molecule has 1 aliphatic rings. The number of hydrogen-bond donors (Lipinski definition) is 1. The van der Waals surface area contributed by atoms with Crippen LogP contribution in [0.2, 0.25) is 0 Å². The van der Waals surface area contributed by atoms with Crippen LogP contribution in [0.1, 0.15) is 19.3 Å². The highest BCUT2D eigenvalue weighted by atomic mass is 16.2. The zero-order valence-electron chi connectivity index (χ0n) is 12.5. The summed E-state index contributed by atoms with van der Waals surface area (Å²) in [7, 11) is 2.00. The summed E-state index contributed by atoms with van der Waals surface area (Å²) in [5.74, 6) is 0.779. The number of carbonyl (C=O) groups is 1. The van der Waals surface area contributed by atoms with Crippen molar-refractivity contribution in [1.82, 2.24) is 19.9 Å². The lowest BCUT2D eigenvalue weighted by Gasteiger charge is -2.38. The maximum Gasteiger partial charge on any atom is 0.236 e. The van der Waals surface area contributed by atoms with Gasteiger partial charge in [-0.25, -0.2) is 9.97 Å². The van der Waals surface area contributed by atoms with Gasteiger partial charge in [0.1, 0.15) is 24.2 Å². The molecule has 0 aromatic carbocycles. The summed E-state index contributed by atoms with van der Waals surface area (Å²) in [5.41, 5.74) is 0.810. The molecule has 2 aromatic heterocycles. The number of aromatic amines is 1. The van der Waals surface area contributed by atoms with Crippen molar-refractivity contribution in [2.45, 2.75) is 25.3 Å². The van der Waals surface area contributed by atoms with Crippen LogP contribution in [0.5, 0.6) is 0 Å². The number of hydrogen-bond acceptors (Lipinski definition) is 5. The van der Waals surface area contributed by atoms with Crippen molar-refractivity contribution < 1.29 is 4.79 Å². The Morgan fingerprint density at radius 1 is 1.59 bits per heavy atom. The van der Waals surface area contributed by atoms with Crippen LogP contribution in [0.4, 0.5) is 5.82 Å². The lowest BCUT2D eigenvalue weighted by atomic mass is 10.0. The minimum atomic E-state index is -0.0879. The van der Waals surface area contributed by atoms with Gasteiger partial charge in [0.2, 0.25) is 5.91 Å². The highest BCUT2D eigenvalue weighted by Crippen LogP contribution is 2.25. The molecule has 0 saturated carbocycles. The van der Waals surface area contributed by atoms with E-state index in [0.29, 0.717) is 6.54 Å². The molecule has 114 valence electrons. The van der Waals surface area contributed by atoms with Crippen LogP contribution >= 0.6 is 0 Å². The number of nitrogens with one attached hydrogen (secondary N) is 1. The van der Waals surface area contributed by atoms with Gasteiger partial charge in [0, 0.05) is 32.4 Å². The molecule has 0 radical (unpaired) electrons. The molecule has 3 rings (SSSR count). The van der Waals surface area contributed by atoms with Crippen LogP contribution in [-0.2, 0) is 4.79 Å². The van der Waals surface area contributed by atoms with Crippen LogP contribution in [0, 0.1) is 11.3 Å². The molecule has 1 aliphatic heterocycles. The Morgan fingerprint density at radius 3 is 3.27 bits per heavy atom. The molecule has 7 heteroatoms. The fourth-order valence-electron chi connectivity index (χ4n) is 2.99. The van der Waals surface area contributed by atoms with Gasteiger partial charge in [-0.15, -0.1) is 0 Å². The number of anilines is 1. The first kappa shape index (κ1) is 14.3. The van der Waals surface area contributed by atoms with Crippen molar-refractivity contribution >= 4 is 22.8 Å². The minimum Gasteiger partial charge on any atom is -0.354 e. The maximum atomic E-state index is 11.9. The van der Waals surface area contributed by atoms with E-state index in [9.17, 15) is 4.79 Å². The fourth-order valence-corrected chi connectivity index (χ4v) is 2.99. The van der Waals surface area contributed by atoms with E-state index in [2.05, 4.69) is 19.9 Å². The quantitative estimate of drug-likeness (QED) is 0.922. The van der Waals surface area contributed by atoms with Gasteiger partial charge in [0.05, 0.1) is 11.5 Å². The van der Waals surface area contributed by atoms with E-state index >= 15 is 0 Å². The van der Waals surface area contributed by atoms with Crippen molar-refractivity contribution in [2.75, 3.05) is 25.0 Å². The minimum absolute atomic E-state index is 0.0496. The first-order valence-electron chi connectivity index (χ1n) is 7.36. The van der Waals surface area contributed by atoms with Gasteiger partial charge in [-0.05, 0) is 18.9 Å². The van der Waals surface area contributed by atoms with Crippen molar-refractivity contribution in [3.05, 3.63) is 18.6 Å². The van der Waals surface area contributed by atoms with E-state index in [1.165, 1.54) is 0 Å². The van der Waals surface area contributed by atoms with E-state index in [0.717, 1.165) is 36.2 Å². The Bertz CT molecular complexity index is 718. The summed E-state index contributed by atoms with van der Waals surface area (Å²) in [6.07, 6.45) is 5.29. The molecule has 0 bridgehead atoms. The zero-order chi connectivity index (χ0) is 15.5. The van der Waals surface area contributed by atoms with Crippen molar-refractivity contribution in [3.63, 3.8) is 0 Å². The molecule has 1 amide bonds. The second kappa shape index (κ2) is 6.02. The molecule has 1 saturated heterocycles. The van der Waals surface area contributed by atoms with Gasteiger partial charge in [0.15, 0.2) is 0 Å². The fraction of sp³-hybridized carbons (Fsp3) is 0.467. The number of piperidine rings is 1. The zero-order valence-corrected chi connectivity index (χ0v) is 12.5. The van der Waals surface area contributed by atoms with Gasteiger partial charge in [-0.2, -0.15) is 5.26 Å². The number of H-pyrrole nitrogens is 1. The second-order valence-corrected chi connectivity index (χ2v) is 5.52. The third kappa shape index (κ3) is 2.60. The number of likely N-dealkylation sites (tertiary alicyclic amines) is 1. The number of fused-ring (bicyclic) bond motifs is 1. The smallest absolute Gasteiger partial charge is 0.236 e.